The average molecular weight is 270 g/mol. The summed E-state index contributed by atoms with van der Waals surface area (Å²) in [5, 5.41) is 3.78. The second-order valence-electron chi connectivity index (χ2n) is 4.69. The van der Waals surface area contributed by atoms with Crippen molar-refractivity contribution < 1.29 is 4.74 Å². The summed E-state index contributed by atoms with van der Waals surface area (Å²) < 4.78 is 5.62. The van der Waals surface area contributed by atoms with Crippen molar-refractivity contribution in [3.63, 3.8) is 0 Å². The molecule has 1 aliphatic rings. The third-order valence-electron chi connectivity index (χ3n) is 3.12. The molecule has 0 aliphatic carbocycles. The van der Waals surface area contributed by atoms with E-state index in [0.717, 1.165) is 43.9 Å². The molecule has 4 nitrogen and oxygen atoms in total. The topological polar surface area (TPSA) is 37.4 Å². The van der Waals surface area contributed by atoms with Crippen LogP contribution in [0.2, 0.25) is 5.02 Å². The number of nitrogens with one attached hydrogen (secondary N) is 1. The van der Waals surface area contributed by atoms with Crippen molar-refractivity contribution in [2.45, 2.75) is 25.5 Å². The lowest BCUT2D eigenvalue weighted by molar-refractivity contribution is 0.116. The Morgan fingerprint density at radius 3 is 3.06 bits per heavy atom. The highest BCUT2D eigenvalue weighted by molar-refractivity contribution is 6.33. The number of anilines is 1. The minimum atomic E-state index is 0.310. The smallest absolute Gasteiger partial charge is 0.147 e. The number of hydrogen-bond donors (Lipinski definition) is 1. The quantitative estimate of drug-likeness (QED) is 0.888. The Labute approximate surface area is 113 Å². The highest BCUT2D eigenvalue weighted by Gasteiger charge is 2.19. The van der Waals surface area contributed by atoms with Gasteiger partial charge in [0.25, 0.3) is 0 Å². The predicted molar refractivity (Wildman–Crippen MR) is 74.3 cm³/mol. The van der Waals surface area contributed by atoms with E-state index in [1.807, 2.05) is 26.4 Å². The van der Waals surface area contributed by atoms with Gasteiger partial charge < -0.3 is 15.0 Å². The molecule has 100 valence electrons. The van der Waals surface area contributed by atoms with Gasteiger partial charge in [0.1, 0.15) is 5.82 Å². The first-order valence-electron chi connectivity index (χ1n) is 6.32. The largest absolute Gasteiger partial charge is 0.376 e. The molecule has 0 saturated carbocycles. The van der Waals surface area contributed by atoms with Gasteiger partial charge in [0, 0.05) is 32.9 Å². The monoisotopic (exact) mass is 269 g/mol. The molecular formula is C13H20ClN3O. The molecular weight excluding hydrogens is 250 g/mol. The van der Waals surface area contributed by atoms with E-state index in [4.69, 9.17) is 16.3 Å². The Hall–Kier alpha value is -0.840. The lowest BCUT2D eigenvalue weighted by atomic mass is 10.2. The van der Waals surface area contributed by atoms with Crippen molar-refractivity contribution in [3.05, 3.63) is 22.8 Å². The summed E-state index contributed by atoms with van der Waals surface area (Å²) in [5.41, 5.74) is 1.09. The number of halogens is 1. The molecule has 2 heterocycles. The van der Waals surface area contributed by atoms with Crippen LogP contribution in [0.3, 0.4) is 0 Å². The normalized spacial score (nSPS) is 19.2. The van der Waals surface area contributed by atoms with E-state index < -0.39 is 0 Å². The minimum absolute atomic E-state index is 0.310. The lowest BCUT2D eigenvalue weighted by Crippen LogP contribution is -2.29. The van der Waals surface area contributed by atoms with Crippen molar-refractivity contribution in [1.82, 2.24) is 10.3 Å². The van der Waals surface area contributed by atoms with Gasteiger partial charge in [0.05, 0.1) is 11.1 Å². The van der Waals surface area contributed by atoms with Gasteiger partial charge in [0.15, 0.2) is 0 Å². The van der Waals surface area contributed by atoms with Gasteiger partial charge in [-0.15, -0.1) is 0 Å². The van der Waals surface area contributed by atoms with Crippen molar-refractivity contribution in [2.75, 3.05) is 32.1 Å². The Balaban J connectivity index is 2.02. The van der Waals surface area contributed by atoms with E-state index in [1.54, 1.807) is 0 Å². The van der Waals surface area contributed by atoms with Crippen LogP contribution in [0, 0.1) is 0 Å². The summed E-state index contributed by atoms with van der Waals surface area (Å²) in [4.78, 5) is 6.51. The molecule has 1 aromatic rings. The Bertz CT molecular complexity index is 394. The molecule has 1 aromatic heterocycles. The SMILES string of the molecule is CNCc1cnc(N(C)CC2CCCO2)c(Cl)c1. The molecule has 0 spiro atoms. The first-order valence-corrected chi connectivity index (χ1v) is 6.70. The van der Waals surface area contributed by atoms with Gasteiger partial charge in [-0.3, -0.25) is 0 Å². The molecule has 5 heteroatoms. The number of ether oxygens (including phenoxy) is 1. The summed E-state index contributed by atoms with van der Waals surface area (Å²) in [6.07, 6.45) is 4.45. The fraction of sp³-hybridized carbons (Fsp3) is 0.615. The number of aromatic nitrogens is 1. The molecule has 1 unspecified atom stereocenters. The zero-order chi connectivity index (χ0) is 13.0. The van der Waals surface area contributed by atoms with Crippen LogP contribution in [0.4, 0.5) is 5.82 Å². The van der Waals surface area contributed by atoms with E-state index in [-0.39, 0.29) is 0 Å². The van der Waals surface area contributed by atoms with Crippen LogP contribution in [0.25, 0.3) is 0 Å². The van der Waals surface area contributed by atoms with Crippen LogP contribution in [0.1, 0.15) is 18.4 Å². The van der Waals surface area contributed by atoms with Crippen LogP contribution in [-0.2, 0) is 11.3 Å². The van der Waals surface area contributed by atoms with Gasteiger partial charge in [0.2, 0.25) is 0 Å². The van der Waals surface area contributed by atoms with E-state index in [9.17, 15) is 0 Å². The van der Waals surface area contributed by atoms with Crippen molar-refractivity contribution in [1.29, 1.82) is 0 Å². The molecule has 1 fully saturated rings. The van der Waals surface area contributed by atoms with Gasteiger partial charge in [-0.25, -0.2) is 4.98 Å². The summed E-state index contributed by atoms with van der Waals surface area (Å²) in [5.74, 6) is 0.826. The first kappa shape index (κ1) is 13.6. The maximum Gasteiger partial charge on any atom is 0.147 e. The Morgan fingerprint density at radius 2 is 2.44 bits per heavy atom. The summed E-state index contributed by atoms with van der Waals surface area (Å²) >= 11 is 6.27. The molecule has 18 heavy (non-hydrogen) atoms. The summed E-state index contributed by atoms with van der Waals surface area (Å²) in [6, 6.07) is 1.96. The zero-order valence-electron chi connectivity index (χ0n) is 10.9. The number of pyridine rings is 1. The maximum atomic E-state index is 6.27. The van der Waals surface area contributed by atoms with Gasteiger partial charge in [-0.2, -0.15) is 0 Å². The first-order chi connectivity index (χ1) is 8.70. The standard InChI is InChI=1S/C13H20ClN3O/c1-15-7-10-6-12(14)13(16-8-10)17(2)9-11-4-3-5-18-11/h6,8,11,15H,3-5,7,9H2,1-2H3. The van der Waals surface area contributed by atoms with Gasteiger partial charge >= 0.3 is 0 Å². The third-order valence-corrected chi connectivity index (χ3v) is 3.40. The van der Waals surface area contributed by atoms with E-state index in [1.165, 1.54) is 0 Å². The predicted octanol–water partition coefficient (Wildman–Crippen LogP) is 2.07. The van der Waals surface area contributed by atoms with Crippen LogP contribution >= 0.6 is 11.6 Å². The number of likely N-dealkylation sites (N-methyl/N-ethyl adjacent to an activating group) is 1. The molecule has 0 radical (unpaired) electrons. The van der Waals surface area contributed by atoms with Crippen molar-refractivity contribution >= 4 is 17.4 Å². The minimum Gasteiger partial charge on any atom is -0.376 e. The molecule has 0 bridgehead atoms. The second kappa shape index (κ2) is 6.36. The molecule has 1 N–H and O–H groups in total. The average Bonchev–Trinajstić information content (AvgIpc) is 2.82. The summed E-state index contributed by atoms with van der Waals surface area (Å²) in [7, 11) is 3.92. The molecule has 1 aliphatic heterocycles. The number of hydrogen-bond acceptors (Lipinski definition) is 4. The van der Waals surface area contributed by atoms with Crippen molar-refractivity contribution in [3.8, 4) is 0 Å². The second-order valence-corrected chi connectivity index (χ2v) is 5.10. The van der Waals surface area contributed by atoms with E-state index >= 15 is 0 Å². The molecule has 0 amide bonds. The van der Waals surface area contributed by atoms with Crippen LogP contribution in [0.15, 0.2) is 12.3 Å². The van der Waals surface area contributed by atoms with E-state index in [2.05, 4.69) is 15.2 Å². The molecule has 0 aromatic carbocycles. The van der Waals surface area contributed by atoms with E-state index in [0.29, 0.717) is 11.1 Å². The highest BCUT2D eigenvalue weighted by atomic mass is 35.5. The van der Waals surface area contributed by atoms with Gasteiger partial charge in [-0.05, 0) is 31.5 Å². The number of rotatable bonds is 5. The Kier molecular flexibility index (Phi) is 4.80. The van der Waals surface area contributed by atoms with Gasteiger partial charge in [-0.1, -0.05) is 11.6 Å². The fourth-order valence-corrected chi connectivity index (χ4v) is 2.57. The highest BCUT2D eigenvalue weighted by Crippen LogP contribution is 2.24. The fourth-order valence-electron chi connectivity index (χ4n) is 2.23. The maximum absolute atomic E-state index is 6.27. The third kappa shape index (κ3) is 3.34. The van der Waals surface area contributed by atoms with Crippen molar-refractivity contribution in [2.24, 2.45) is 0 Å². The lowest BCUT2D eigenvalue weighted by Gasteiger charge is -2.22. The molecule has 1 atom stereocenters. The zero-order valence-corrected chi connectivity index (χ0v) is 11.7. The summed E-state index contributed by atoms with van der Waals surface area (Å²) in [6.45, 7) is 2.50. The molecule has 1 saturated heterocycles. The van der Waals surface area contributed by atoms with Crippen LogP contribution in [-0.4, -0.2) is 38.3 Å². The Morgan fingerprint density at radius 1 is 1.61 bits per heavy atom. The molecule has 2 rings (SSSR count). The number of nitrogens with zero attached hydrogens (tertiary/aromatic N) is 2. The van der Waals surface area contributed by atoms with Crippen LogP contribution in [0.5, 0.6) is 0 Å². The van der Waals surface area contributed by atoms with Crippen LogP contribution < -0.4 is 10.2 Å².